The van der Waals surface area contributed by atoms with Gasteiger partial charge < -0.3 is 11.1 Å². The molecule has 2 fully saturated rings. The van der Waals surface area contributed by atoms with E-state index in [-0.39, 0.29) is 11.9 Å². The second-order valence-corrected chi connectivity index (χ2v) is 9.06. The third kappa shape index (κ3) is 3.06. The predicted octanol–water partition coefficient (Wildman–Crippen LogP) is 3.31. The lowest BCUT2D eigenvalue weighted by molar-refractivity contribution is 0.0750. The molecule has 5 nitrogen and oxygen atoms in total. The maximum atomic E-state index is 13.3. The van der Waals surface area contributed by atoms with Gasteiger partial charge in [-0.3, -0.25) is 4.79 Å². The molecule has 1 heterocycles. The van der Waals surface area contributed by atoms with Gasteiger partial charge in [-0.25, -0.2) is 4.68 Å². The third-order valence-electron chi connectivity index (χ3n) is 7.10. The van der Waals surface area contributed by atoms with Crippen LogP contribution in [0, 0.1) is 18.8 Å². The van der Waals surface area contributed by atoms with Crippen molar-refractivity contribution in [2.24, 2.45) is 17.6 Å². The first-order chi connectivity index (χ1) is 13.6. The van der Waals surface area contributed by atoms with Crippen LogP contribution in [-0.2, 0) is 12.8 Å². The molecule has 0 aliphatic heterocycles. The van der Waals surface area contributed by atoms with Crippen molar-refractivity contribution in [3.63, 3.8) is 0 Å². The van der Waals surface area contributed by atoms with Gasteiger partial charge in [-0.1, -0.05) is 24.1 Å². The summed E-state index contributed by atoms with van der Waals surface area (Å²) in [5, 5.41) is 8.18. The van der Waals surface area contributed by atoms with E-state index in [0.717, 1.165) is 43.4 Å². The number of benzene rings is 1. The van der Waals surface area contributed by atoms with Crippen LogP contribution < -0.4 is 11.1 Å². The van der Waals surface area contributed by atoms with Gasteiger partial charge in [0.25, 0.3) is 5.91 Å². The molecular formula is C23H30N4O. The van der Waals surface area contributed by atoms with E-state index in [4.69, 9.17) is 10.8 Å². The number of carbonyl (C=O) groups excluding carboxylic acids is 1. The Kier molecular flexibility index (Phi) is 4.50. The van der Waals surface area contributed by atoms with E-state index in [2.05, 4.69) is 36.5 Å². The Morgan fingerprint density at radius 3 is 2.54 bits per heavy atom. The maximum Gasteiger partial charge on any atom is 0.272 e. The van der Waals surface area contributed by atoms with Crippen molar-refractivity contribution in [1.82, 2.24) is 15.1 Å². The summed E-state index contributed by atoms with van der Waals surface area (Å²) in [5.74, 6) is 1.07. The fourth-order valence-corrected chi connectivity index (χ4v) is 5.76. The molecule has 0 saturated heterocycles. The quantitative estimate of drug-likeness (QED) is 0.861. The fraction of sp³-hybridized carbons (Fsp3) is 0.565. The van der Waals surface area contributed by atoms with Crippen molar-refractivity contribution < 1.29 is 4.79 Å². The van der Waals surface area contributed by atoms with E-state index < -0.39 is 0 Å². The van der Waals surface area contributed by atoms with Gasteiger partial charge in [0.1, 0.15) is 0 Å². The molecule has 28 heavy (non-hydrogen) atoms. The van der Waals surface area contributed by atoms with Crippen LogP contribution in [0.5, 0.6) is 0 Å². The molecule has 0 spiro atoms. The molecular weight excluding hydrogens is 348 g/mol. The molecule has 1 aromatic heterocycles. The van der Waals surface area contributed by atoms with E-state index in [9.17, 15) is 4.79 Å². The summed E-state index contributed by atoms with van der Waals surface area (Å²) in [5.41, 5.74) is 11.5. The number of nitrogens with two attached hydrogens (primary N) is 1. The smallest absolute Gasteiger partial charge is 0.272 e. The van der Waals surface area contributed by atoms with Gasteiger partial charge >= 0.3 is 0 Å². The number of amides is 1. The fourth-order valence-electron chi connectivity index (χ4n) is 5.76. The van der Waals surface area contributed by atoms with Crippen molar-refractivity contribution >= 4 is 5.91 Å². The molecule has 3 aliphatic carbocycles. The molecule has 3 N–H and O–H groups in total. The van der Waals surface area contributed by atoms with Crippen molar-refractivity contribution in [3.8, 4) is 5.69 Å². The number of nitrogens with zero attached hydrogens (tertiary/aromatic N) is 2. The molecule has 2 unspecified atom stereocenters. The second-order valence-electron chi connectivity index (χ2n) is 9.06. The highest BCUT2D eigenvalue weighted by molar-refractivity contribution is 5.94. The number of nitrogens with one attached hydrogen (secondary N) is 1. The van der Waals surface area contributed by atoms with Crippen molar-refractivity contribution in [2.45, 2.75) is 70.4 Å². The van der Waals surface area contributed by atoms with Crippen LogP contribution in [0.15, 0.2) is 24.3 Å². The second kappa shape index (κ2) is 7.03. The summed E-state index contributed by atoms with van der Waals surface area (Å²) in [7, 11) is 0. The molecule has 2 saturated carbocycles. The molecule has 0 radical (unpaired) electrons. The summed E-state index contributed by atoms with van der Waals surface area (Å²) in [6.45, 7) is 2.09. The zero-order valence-electron chi connectivity index (χ0n) is 16.7. The average Bonchev–Trinajstić information content (AvgIpc) is 3.26. The number of carbonyl (C=O) groups is 1. The lowest BCUT2D eigenvalue weighted by Gasteiger charge is -2.45. The van der Waals surface area contributed by atoms with E-state index >= 15 is 0 Å². The number of rotatable bonds is 3. The molecule has 3 aliphatic rings. The zero-order valence-corrected chi connectivity index (χ0v) is 16.7. The number of fused-ring (bicyclic) bond motifs is 3. The SMILES string of the molecule is Cc1ccc(-n2nc(C(=O)NC3C4CCCC3CC(N)C4)c3c2CCC3)cc1. The van der Waals surface area contributed by atoms with Crippen LogP contribution in [-0.4, -0.2) is 27.8 Å². The molecule has 2 atom stereocenters. The number of aryl methyl sites for hydroxylation is 1. The highest BCUT2D eigenvalue weighted by atomic mass is 16.2. The first kappa shape index (κ1) is 17.9. The zero-order chi connectivity index (χ0) is 19.3. The number of hydrogen-bond acceptors (Lipinski definition) is 3. The van der Waals surface area contributed by atoms with Gasteiger partial charge in [0.15, 0.2) is 5.69 Å². The van der Waals surface area contributed by atoms with Crippen LogP contribution in [0.25, 0.3) is 5.69 Å². The van der Waals surface area contributed by atoms with Crippen LogP contribution in [0.2, 0.25) is 0 Å². The minimum absolute atomic E-state index is 0.0152. The maximum absolute atomic E-state index is 13.3. The summed E-state index contributed by atoms with van der Waals surface area (Å²) in [4.78, 5) is 13.3. The standard InChI is InChI=1S/C23H30N4O/c1-14-8-10-18(11-9-14)27-20-7-3-6-19(20)22(26-27)23(28)25-21-15-4-2-5-16(21)13-17(24)12-15/h8-11,15-17,21H,2-7,12-13,24H2,1H3,(H,25,28). The Morgan fingerprint density at radius 1 is 1.11 bits per heavy atom. The molecule has 5 heteroatoms. The lowest BCUT2D eigenvalue weighted by Crippen LogP contribution is -2.53. The number of hydrogen-bond donors (Lipinski definition) is 2. The Labute approximate surface area is 166 Å². The summed E-state index contributed by atoms with van der Waals surface area (Å²) >= 11 is 0. The van der Waals surface area contributed by atoms with Gasteiger partial charge in [-0.05, 0) is 75.8 Å². The molecule has 1 amide bonds. The Bertz CT molecular complexity index is 871. The number of aromatic nitrogens is 2. The summed E-state index contributed by atoms with van der Waals surface area (Å²) < 4.78 is 1.99. The van der Waals surface area contributed by atoms with Gasteiger partial charge in [-0.15, -0.1) is 0 Å². The van der Waals surface area contributed by atoms with E-state index in [1.54, 1.807) is 0 Å². The highest BCUT2D eigenvalue weighted by Crippen LogP contribution is 2.40. The van der Waals surface area contributed by atoms with E-state index in [1.807, 2.05) is 4.68 Å². The minimum atomic E-state index is 0.0152. The first-order valence-corrected chi connectivity index (χ1v) is 10.8. The average molecular weight is 379 g/mol. The third-order valence-corrected chi connectivity index (χ3v) is 7.10. The Hall–Kier alpha value is -2.14. The molecule has 1 aromatic carbocycles. The van der Waals surface area contributed by atoms with Crippen LogP contribution >= 0.6 is 0 Å². The van der Waals surface area contributed by atoms with Crippen LogP contribution in [0.1, 0.15) is 65.8 Å². The Balaban J connectivity index is 1.43. The van der Waals surface area contributed by atoms with Crippen LogP contribution in [0.3, 0.4) is 0 Å². The van der Waals surface area contributed by atoms with Crippen molar-refractivity contribution in [1.29, 1.82) is 0 Å². The van der Waals surface area contributed by atoms with Crippen molar-refractivity contribution in [2.75, 3.05) is 0 Å². The first-order valence-electron chi connectivity index (χ1n) is 10.8. The van der Waals surface area contributed by atoms with E-state index in [0.29, 0.717) is 23.6 Å². The van der Waals surface area contributed by atoms with E-state index in [1.165, 1.54) is 30.5 Å². The van der Waals surface area contributed by atoms with Crippen LogP contribution in [0.4, 0.5) is 0 Å². The molecule has 148 valence electrons. The molecule has 2 bridgehead atoms. The summed E-state index contributed by atoms with van der Waals surface area (Å²) in [6, 6.07) is 8.95. The lowest BCUT2D eigenvalue weighted by atomic mass is 9.67. The van der Waals surface area contributed by atoms with Crippen molar-refractivity contribution in [3.05, 3.63) is 46.8 Å². The highest BCUT2D eigenvalue weighted by Gasteiger charge is 2.40. The topological polar surface area (TPSA) is 72.9 Å². The Morgan fingerprint density at radius 2 is 1.82 bits per heavy atom. The largest absolute Gasteiger partial charge is 0.347 e. The summed E-state index contributed by atoms with van der Waals surface area (Å²) in [6.07, 6.45) is 8.76. The van der Waals surface area contributed by atoms with Gasteiger partial charge in [-0.2, -0.15) is 5.10 Å². The predicted molar refractivity (Wildman–Crippen MR) is 110 cm³/mol. The van der Waals surface area contributed by atoms with Gasteiger partial charge in [0.05, 0.1) is 5.69 Å². The minimum Gasteiger partial charge on any atom is -0.347 e. The van der Waals surface area contributed by atoms with Gasteiger partial charge in [0.2, 0.25) is 0 Å². The van der Waals surface area contributed by atoms with Gasteiger partial charge in [0, 0.05) is 23.3 Å². The normalized spacial score (nSPS) is 28.8. The molecule has 2 aromatic rings. The monoisotopic (exact) mass is 378 g/mol. The molecule has 5 rings (SSSR count).